The van der Waals surface area contributed by atoms with Gasteiger partial charge in [0.05, 0.1) is 22.5 Å². The highest BCUT2D eigenvalue weighted by molar-refractivity contribution is 6.01. The molecule has 0 spiro atoms. The lowest BCUT2D eigenvalue weighted by Gasteiger charge is -2.05. The third kappa shape index (κ3) is 18.5. The maximum absolute atomic E-state index is 12.9. The number of carboxylic acid groups (broad SMARTS) is 4. The molecule has 0 heterocycles. The van der Waals surface area contributed by atoms with Crippen molar-refractivity contribution >= 4 is 70.3 Å². The SMILES string of the molecule is Nc1c([18F])cccc1C(=O)NCC(=O)O.Nc1cc([18F])cc(C(=O)NCC(=O)O)c1.Nc1ccc(C(=O)NCC(=O)O)cc1[18F].Nc1ccc([18F])cc1C(=O)NCC(=O)O. The second-order valence-corrected chi connectivity index (χ2v) is 11.2. The quantitative estimate of drug-likeness (QED) is 0.0696. The van der Waals surface area contributed by atoms with Gasteiger partial charge in [-0.1, -0.05) is 6.07 Å². The van der Waals surface area contributed by atoms with Crippen molar-refractivity contribution in [2.24, 2.45) is 0 Å². The summed E-state index contributed by atoms with van der Waals surface area (Å²) in [6.07, 6.45) is 0. The van der Waals surface area contributed by atoms with Crippen LogP contribution in [0.15, 0.2) is 72.8 Å². The molecule has 320 valence electrons. The van der Waals surface area contributed by atoms with Crippen molar-refractivity contribution in [2.45, 2.75) is 0 Å². The van der Waals surface area contributed by atoms with Gasteiger partial charge >= 0.3 is 23.9 Å². The molecule has 20 nitrogen and oxygen atoms in total. The van der Waals surface area contributed by atoms with E-state index < -0.39 is 97.0 Å². The highest BCUT2D eigenvalue weighted by atomic mass is 18.2. The first kappa shape index (κ1) is 49.6. The molecule has 0 aliphatic rings. The van der Waals surface area contributed by atoms with E-state index in [1.807, 2.05) is 0 Å². The van der Waals surface area contributed by atoms with Crippen LogP contribution in [0, 0.1) is 23.3 Å². The molecule has 4 aromatic rings. The third-order valence-electron chi connectivity index (χ3n) is 6.60. The maximum atomic E-state index is 12.9. The van der Waals surface area contributed by atoms with Gasteiger partial charge in [-0.15, -0.1) is 0 Å². The average Bonchev–Trinajstić information content (AvgIpc) is 3.17. The number of carbonyl (C=O) groups is 8. The standard InChI is InChI=1S/4C9H9FN2O3/c10-6-1-5(2-7(11)3-6)9(15)12-4-8(13)14;10-5-1-2-7(11)6(3-5)9(15)12-4-8(13)14;10-6-3-5(1-2-7(6)11)9(15)12-4-8(13)14;10-6-3-1-2-5(8(6)11)9(15)12-4-7(13)14/h4*1-3H,4,11H2,(H,12,15)(H,13,14)/i4*10-1. The van der Waals surface area contributed by atoms with Crippen LogP contribution in [0.1, 0.15) is 41.4 Å². The van der Waals surface area contributed by atoms with Gasteiger partial charge in [0.2, 0.25) is 0 Å². The summed E-state index contributed by atoms with van der Waals surface area (Å²) in [5, 5.41) is 41.6. The Morgan fingerprint density at radius 1 is 0.450 bits per heavy atom. The fraction of sp³-hybridized carbons (Fsp3) is 0.111. The number of anilines is 4. The van der Waals surface area contributed by atoms with E-state index in [2.05, 4.69) is 21.3 Å². The lowest BCUT2D eigenvalue weighted by Crippen LogP contribution is -2.29. The second kappa shape index (κ2) is 24.3. The third-order valence-corrected chi connectivity index (χ3v) is 6.60. The summed E-state index contributed by atoms with van der Waals surface area (Å²) in [4.78, 5) is 85.7. The highest BCUT2D eigenvalue weighted by Crippen LogP contribution is 2.16. The van der Waals surface area contributed by atoms with Gasteiger partial charge in [0.25, 0.3) is 23.6 Å². The second-order valence-electron chi connectivity index (χ2n) is 11.2. The van der Waals surface area contributed by atoms with Crippen LogP contribution in [0.2, 0.25) is 0 Å². The Morgan fingerprint density at radius 3 is 1.40 bits per heavy atom. The van der Waals surface area contributed by atoms with Gasteiger partial charge < -0.3 is 64.6 Å². The van der Waals surface area contributed by atoms with Gasteiger partial charge in [-0.25, -0.2) is 17.6 Å². The molecule has 0 atom stereocenters. The molecule has 4 aromatic carbocycles. The zero-order valence-electron chi connectivity index (χ0n) is 30.6. The molecule has 0 bridgehead atoms. The van der Waals surface area contributed by atoms with Crippen molar-refractivity contribution in [3.8, 4) is 0 Å². The fourth-order valence-corrected chi connectivity index (χ4v) is 3.89. The van der Waals surface area contributed by atoms with Gasteiger partial charge in [0, 0.05) is 22.5 Å². The number of nitrogens with one attached hydrogen (secondary N) is 4. The molecule has 4 rings (SSSR count). The first-order valence-corrected chi connectivity index (χ1v) is 16.2. The molecule has 0 radical (unpaired) electrons. The van der Waals surface area contributed by atoms with E-state index in [1.54, 1.807) is 0 Å². The number of amides is 4. The van der Waals surface area contributed by atoms with Crippen LogP contribution in [-0.2, 0) is 19.2 Å². The number of aliphatic carboxylic acids is 4. The Kier molecular flexibility index (Phi) is 20.0. The van der Waals surface area contributed by atoms with Crippen LogP contribution in [0.3, 0.4) is 0 Å². The molecule has 60 heavy (non-hydrogen) atoms. The van der Waals surface area contributed by atoms with Crippen LogP contribution in [0.4, 0.5) is 40.3 Å². The van der Waals surface area contributed by atoms with E-state index in [9.17, 15) is 55.9 Å². The Balaban J connectivity index is 0.000000400. The molecule has 0 unspecified atom stereocenters. The number of nitrogens with two attached hydrogens (primary N) is 4. The van der Waals surface area contributed by atoms with Gasteiger partial charge in [-0.05, 0) is 66.7 Å². The van der Waals surface area contributed by atoms with Crippen molar-refractivity contribution in [1.82, 2.24) is 21.3 Å². The monoisotopic (exact) mass is 844 g/mol. The molecular formula is C36H36F4N8O12. The van der Waals surface area contributed by atoms with Gasteiger partial charge in [-0.3, -0.25) is 38.4 Å². The largest absolute Gasteiger partial charge is 0.480 e. The molecule has 0 aliphatic carbocycles. The van der Waals surface area contributed by atoms with Gasteiger partial charge in [-0.2, -0.15) is 0 Å². The van der Waals surface area contributed by atoms with Gasteiger partial charge in [0.1, 0.15) is 49.4 Å². The Labute approximate surface area is 335 Å². The van der Waals surface area contributed by atoms with E-state index >= 15 is 0 Å². The minimum absolute atomic E-state index is 0.00579. The predicted molar refractivity (Wildman–Crippen MR) is 203 cm³/mol. The number of carboxylic acids is 4. The summed E-state index contributed by atoms with van der Waals surface area (Å²) < 4.78 is 51.4. The molecule has 24 heteroatoms. The van der Waals surface area contributed by atoms with Crippen LogP contribution < -0.4 is 44.2 Å². The molecule has 0 aromatic heterocycles. The number of nitrogen functional groups attached to an aromatic ring is 4. The first-order chi connectivity index (χ1) is 28.0. The minimum atomic E-state index is -1.18. The van der Waals surface area contributed by atoms with Crippen molar-refractivity contribution in [3.63, 3.8) is 0 Å². The number of para-hydroxylation sites is 1. The summed E-state index contributed by atoms with van der Waals surface area (Å²) in [5.74, 6) is -10.1. The average molecular weight is 845 g/mol. The van der Waals surface area contributed by atoms with Crippen molar-refractivity contribution in [1.29, 1.82) is 0 Å². The molecule has 0 saturated carbocycles. The van der Waals surface area contributed by atoms with Crippen molar-refractivity contribution in [3.05, 3.63) is 118 Å². The molecule has 0 saturated heterocycles. The number of hydrogen-bond acceptors (Lipinski definition) is 12. The van der Waals surface area contributed by atoms with Crippen molar-refractivity contribution in [2.75, 3.05) is 49.1 Å². The topological polar surface area (TPSA) is 370 Å². The molecule has 16 N–H and O–H groups in total. The zero-order chi connectivity index (χ0) is 45.7. The predicted octanol–water partition coefficient (Wildman–Crippen LogP) is 0.889. The summed E-state index contributed by atoms with van der Waals surface area (Å²) in [6.45, 7) is -2.09. The van der Waals surface area contributed by atoms with Crippen LogP contribution in [0.5, 0.6) is 0 Å². The lowest BCUT2D eigenvalue weighted by atomic mass is 10.1. The Bertz CT molecular complexity index is 2200. The molecule has 4 amide bonds. The summed E-state index contributed by atoms with van der Waals surface area (Å²) in [6, 6.07) is 13.9. The number of halogens is 4. The first-order valence-electron chi connectivity index (χ1n) is 16.2. The summed E-state index contributed by atoms with van der Waals surface area (Å²) in [5.41, 5.74) is 21.0. The van der Waals surface area contributed by atoms with Crippen LogP contribution in [0.25, 0.3) is 0 Å². The van der Waals surface area contributed by atoms with E-state index in [0.29, 0.717) is 0 Å². The van der Waals surface area contributed by atoms with E-state index in [1.165, 1.54) is 36.4 Å². The number of carbonyl (C=O) groups excluding carboxylic acids is 4. The molecular weight excluding hydrogens is 808 g/mol. The number of rotatable bonds is 12. The lowest BCUT2D eigenvalue weighted by molar-refractivity contribution is -0.136. The highest BCUT2D eigenvalue weighted by Gasteiger charge is 2.14. The van der Waals surface area contributed by atoms with E-state index in [-0.39, 0.29) is 45.0 Å². The molecule has 0 fully saturated rings. The minimum Gasteiger partial charge on any atom is -0.480 e. The number of hydrogen-bond donors (Lipinski definition) is 12. The smallest absolute Gasteiger partial charge is 0.322 e. The number of benzene rings is 4. The fourth-order valence-electron chi connectivity index (χ4n) is 3.89. The Hall–Kier alpha value is -8.44. The van der Waals surface area contributed by atoms with Crippen LogP contribution in [-0.4, -0.2) is 94.1 Å². The Morgan fingerprint density at radius 2 is 0.917 bits per heavy atom. The maximum Gasteiger partial charge on any atom is 0.322 e. The van der Waals surface area contributed by atoms with E-state index in [0.717, 1.165) is 36.4 Å². The molecule has 0 aliphatic heterocycles. The van der Waals surface area contributed by atoms with E-state index in [4.69, 9.17) is 43.4 Å². The summed E-state index contributed by atoms with van der Waals surface area (Å²) >= 11 is 0. The van der Waals surface area contributed by atoms with Crippen LogP contribution >= 0.6 is 0 Å². The summed E-state index contributed by atoms with van der Waals surface area (Å²) in [7, 11) is 0. The zero-order valence-corrected chi connectivity index (χ0v) is 30.6. The van der Waals surface area contributed by atoms with Gasteiger partial charge in [0.15, 0.2) is 0 Å². The normalized spacial score (nSPS) is 9.67. The van der Waals surface area contributed by atoms with Crippen molar-refractivity contribution < 1.29 is 76.3 Å².